The average molecular weight is 401 g/mol. The van der Waals surface area contributed by atoms with Gasteiger partial charge in [-0.25, -0.2) is 4.98 Å². The number of hydrogen-bond acceptors (Lipinski definition) is 2. The van der Waals surface area contributed by atoms with E-state index in [1.165, 1.54) is 16.8 Å². The van der Waals surface area contributed by atoms with Gasteiger partial charge in [-0.1, -0.05) is 60.1 Å². The standard InChI is InChI=1S/C25H22ClN3/c26-20-11-12-24-23(17-20)22(19-7-3-1-4-8-19)18-25(27-24)29-15-13-28(14-16-29)21-9-5-2-6-10-21/h1-12,17-18H,13-16H2/p+1. The van der Waals surface area contributed by atoms with E-state index in [1.54, 1.807) is 0 Å². The van der Waals surface area contributed by atoms with Crippen LogP contribution in [-0.4, -0.2) is 26.2 Å². The number of para-hydroxylation sites is 1. The fraction of sp³-hybridized carbons (Fsp3) is 0.160. The van der Waals surface area contributed by atoms with Gasteiger partial charge < -0.3 is 4.90 Å². The Morgan fingerprint density at radius 3 is 2.07 bits per heavy atom. The van der Waals surface area contributed by atoms with Crippen molar-refractivity contribution in [3.63, 3.8) is 0 Å². The molecule has 5 rings (SSSR count). The van der Waals surface area contributed by atoms with Crippen molar-refractivity contribution in [3.8, 4) is 11.1 Å². The smallest absolute Gasteiger partial charge is 0.275 e. The fourth-order valence-electron chi connectivity index (χ4n) is 4.11. The number of nitrogens with one attached hydrogen (secondary N) is 1. The van der Waals surface area contributed by atoms with E-state index in [0.29, 0.717) is 0 Å². The summed E-state index contributed by atoms with van der Waals surface area (Å²) in [6, 6.07) is 29.6. The van der Waals surface area contributed by atoms with Crippen molar-refractivity contribution in [2.24, 2.45) is 0 Å². The summed E-state index contributed by atoms with van der Waals surface area (Å²) in [5.41, 5.74) is 4.82. The van der Waals surface area contributed by atoms with Crippen LogP contribution in [0.5, 0.6) is 0 Å². The number of piperazine rings is 1. The van der Waals surface area contributed by atoms with Crippen LogP contribution in [0.15, 0.2) is 84.9 Å². The van der Waals surface area contributed by atoms with E-state index in [-0.39, 0.29) is 0 Å². The van der Waals surface area contributed by atoms with E-state index in [1.807, 2.05) is 12.1 Å². The zero-order chi connectivity index (χ0) is 19.6. The van der Waals surface area contributed by atoms with Gasteiger partial charge in [-0.15, -0.1) is 0 Å². The Morgan fingerprint density at radius 1 is 0.690 bits per heavy atom. The predicted molar refractivity (Wildman–Crippen MR) is 122 cm³/mol. The van der Waals surface area contributed by atoms with Gasteiger partial charge in [0.1, 0.15) is 18.6 Å². The molecular formula is C25H23ClN3+. The number of rotatable bonds is 3. The Balaban J connectivity index is 1.49. The van der Waals surface area contributed by atoms with Crippen molar-refractivity contribution in [2.75, 3.05) is 36.0 Å². The molecular weight excluding hydrogens is 378 g/mol. The zero-order valence-electron chi connectivity index (χ0n) is 16.2. The Bertz CT molecular complexity index is 1120. The minimum absolute atomic E-state index is 0.757. The summed E-state index contributed by atoms with van der Waals surface area (Å²) in [6.45, 7) is 3.99. The Labute approximate surface area is 176 Å². The van der Waals surface area contributed by atoms with Crippen LogP contribution in [0.1, 0.15) is 0 Å². The highest BCUT2D eigenvalue weighted by Gasteiger charge is 2.25. The molecule has 2 heterocycles. The highest BCUT2D eigenvalue weighted by molar-refractivity contribution is 6.31. The number of nitrogens with zero attached hydrogens (tertiary/aromatic N) is 2. The first-order chi connectivity index (χ1) is 14.3. The lowest BCUT2D eigenvalue weighted by atomic mass is 10.0. The molecule has 1 N–H and O–H groups in total. The van der Waals surface area contributed by atoms with E-state index >= 15 is 0 Å². The second-order valence-corrected chi connectivity index (χ2v) is 7.87. The number of fused-ring (bicyclic) bond motifs is 1. The quantitative estimate of drug-likeness (QED) is 0.465. The topological polar surface area (TPSA) is 20.6 Å². The first kappa shape index (κ1) is 18.0. The van der Waals surface area contributed by atoms with Crippen molar-refractivity contribution >= 4 is 34.0 Å². The molecule has 0 bridgehead atoms. The normalized spacial score (nSPS) is 14.4. The maximum Gasteiger partial charge on any atom is 0.275 e. The van der Waals surface area contributed by atoms with E-state index in [0.717, 1.165) is 47.9 Å². The summed E-state index contributed by atoms with van der Waals surface area (Å²) in [7, 11) is 0. The molecule has 0 saturated carbocycles. The van der Waals surface area contributed by atoms with Crippen LogP contribution in [0.3, 0.4) is 0 Å². The molecule has 1 aromatic heterocycles. The van der Waals surface area contributed by atoms with Crippen molar-refractivity contribution in [2.45, 2.75) is 0 Å². The van der Waals surface area contributed by atoms with Crippen LogP contribution in [0.25, 0.3) is 22.0 Å². The monoisotopic (exact) mass is 400 g/mol. The number of pyridine rings is 1. The summed E-state index contributed by atoms with van der Waals surface area (Å²) >= 11 is 6.31. The molecule has 0 amide bonds. The Morgan fingerprint density at radius 2 is 1.34 bits per heavy atom. The molecule has 4 heteroatoms. The molecule has 0 atom stereocenters. The van der Waals surface area contributed by atoms with Gasteiger partial charge in [-0.3, -0.25) is 4.90 Å². The lowest BCUT2D eigenvalue weighted by Crippen LogP contribution is -2.48. The third-order valence-electron chi connectivity index (χ3n) is 5.64. The summed E-state index contributed by atoms with van der Waals surface area (Å²) < 4.78 is 0. The van der Waals surface area contributed by atoms with Crippen molar-refractivity contribution in [3.05, 3.63) is 90.0 Å². The molecule has 1 aliphatic rings. The summed E-state index contributed by atoms with van der Waals surface area (Å²) in [5.74, 6) is 1.16. The molecule has 29 heavy (non-hydrogen) atoms. The van der Waals surface area contributed by atoms with Gasteiger partial charge in [0.2, 0.25) is 0 Å². The number of H-pyrrole nitrogens is 1. The molecule has 144 valence electrons. The summed E-state index contributed by atoms with van der Waals surface area (Å²) in [5, 5.41) is 1.91. The van der Waals surface area contributed by atoms with Crippen LogP contribution in [0, 0.1) is 0 Å². The molecule has 3 aromatic carbocycles. The van der Waals surface area contributed by atoms with Gasteiger partial charge in [-0.05, 0) is 35.9 Å². The Hall–Kier alpha value is -3.04. The SMILES string of the molecule is Clc1ccc2[nH+]c(N3CCN(c4ccccc4)CC3)cc(-c3ccccc3)c2c1. The average Bonchev–Trinajstić information content (AvgIpc) is 2.80. The summed E-state index contributed by atoms with van der Waals surface area (Å²) in [4.78, 5) is 8.54. The van der Waals surface area contributed by atoms with Crippen LogP contribution >= 0.6 is 11.6 Å². The van der Waals surface area contributed by atoms with Crippen LogP contribution < -0.4 is 14.8 Å². The zero-order valence-corrected chi connectivity index (χ0v) is 16.9. The fourth-order valence-corrected chi connectivity index (χ4v) is 4.28. The van der Waals surface area contributed by atoms with Gasteiger partial charge in [0.25, 0.3) is 5.82 Å². The second-order valence-electron chi connectivity index (χ2n) is 7.43. The molecule has 0 spiro atoms. The molecule has 1 saturated heterocycles. The molecule has 0 aliphatic carbocycles. The first-order valence-corrected chi connectivity index (χ1v) is 10.4. The second kappa shape index (κ2) is 7.76. The lowest BCUT2D eigenvalue weighted by Gasteiger charge is -2.32. The molecule has 4 aromatic rings. The number of aromatic nitrogens is 1. The third kappa shape index (κ3) is 3.66. The van der Waals surface area contributed by atoms with Gasteiger partial charge in [0.15, 0.2) is 0 Å². The minimum atomic E-state index is 0.757. The third-order valence-corrected chi connectivity index (χ3v) is 5.88. The largest absolute Gasteiger partial charge is 0.364 e. The molecule has 1 aliphatic heterocycles. The highest BCUT2D eigenvalue weighted by atomic mass is 35.5. The molecule has 0 radical (unpaired) electrons. The molecule has 3 nitrogen and oxygen atoms in total. The van der Waals surface area contributed by atoms with E-state index in [2.05, 4.69) is 87.6 Å². The highest BCUT2D eigenvalue weighted by Crippen LogP contribution is 2.31. The van der Waals surface area contributed by atoms with Crippen LogP contribution in [0.4, 0.5) is 11.5 Å². The first-order valence-electron chi connectivity index (χ1n) is 10.0. The molecule has 0 unspecified atom stereocenters. The number of benzene rings is 3. The van der Waals surface area contributed by atoms with Gasteiger partial charge in [0.05, 0.1) is 13.1 Å². The van der Waals surface area contributed by atoms with Gasteiger partial charge >= 0.3 is 0 Å². The number of halogens is 1. The number of aromatic amines is 1. The van der Waals surface area contributed by atoms with E-state index < -0.39 is 0 Å². The van der Waals surface area contributed by atoms with Gasteiger partial charge in [-0.2, -0.15) is 0 Å². The van der Waals surface area contributed by atoms with Crippen molar-refractivity contribution < 1.29 is 4.98 Å². The number of hydrogen-bond donors (Lipinski definition) is 0. The maximum absolute atomic E-state index is 6.31. The van der Waals surface area contributed by atoms with Crippen molar-refractivity contribution in [1.29, 1.82) is 0 Å². The van der Waals surface area contributed by atoms with E-state index in [9.17, 15) is 0 Å². The Kier molecular flexibility index (Phi) is 4.82. The lowest BCUT2D eigenvalue weighted by molar-refractivity contribution is -0.330. The van der Waals surface area contributed by atoms with Crippen molar-refractivity contribution in [1.82, 2.24) is 0 Å². The predicted octanol–water partition coefficient (Wildman–Crippen LogP) is 5.30. The molecule has 1 fully saturated rings. The maximum atomic E-state index is 6.31. The number of anilines is 2. The van der Waals surface area contributed by atoms with Gasteiger partial charge in [0, 0.05) is 27.7 Å². The van der Waals surface area contributed by atoms with E-state index in [4.69, 9.17) is 11.6 Å². The van der Waals surface area contributed by atoms with Crippen LogP contribution in [-0.2, 0) is 0 Å². The van der Waals surface area contributed by atoms with Crippen LogP contribution in [0.2, 0.25) is 5.02 Å². The minimum Gasteiger partial charge on any atom is -0.364 e. The summed E-state index contributed by atoms with van der Waals surface area (Å²) in [6.07, 6.45) is 0.